The van der Waals surface area contributed by atoms with Gasteiger partial charge in [0.25, 0.3) is 0 Å². The van der Waals surface area contributed by atoms with Crippen molar-refractivity contribution in [3.05, 3.63) is 48.5 Å². The maximum absolute atomic E-state index is 11.0. The molecule has 0 unspecified atom stereocenters. The first kappa shape index (κ1) is 11.2. The number of para-hydroxylation sites is 1. The summed E-state index contributed by atoms with van der Waals surface area (Å²) >= 11 is 0. The third-order valence-electron chi connectivity index (χ3n) is 2.50. The molecule has 3 nitrogen and oxygen atoms in total. The highest BCUT2D eigenvalue weighted by atomic mass is 16.1. The molecule has 0 saturated heterocycles. The summed E-state index contributed by atoms with van der Waals surface area (Å²) in [7, 11) is 0. The summed E-state index contributed by atoms with van der Waals surface area (Å²) in [6.07, 6.45) is 0. The molecule has 86 valence electrons. The van der Waals surface area contributed by atoms with Gasteiger partial charge >= 0.3 is 0 Å². The highest BCUT2D eigenvalue weighted by Gasteiger charge is 2.07. The van der Waals surface area contributed by atoms with E-state index in [0.717, 1.165) is 11.1 Å². The zero-order chi connectivity index (χ0) is 12.3. The smallest absolute Gasteiger partial charge is 0.221 e. The normalized spacial score (nSPS) is 9.94. The van der Waals surface area contributed by atoms with Crippen LogP contribution in [0.15, 0.2) is 48.5 Å². The molecule has 0 aliphatic carbocycles. The number of hydrogen-bond acceptors (Lipinski definition) is 2. The zero-order valence-corrected chi connectivity index (χ0v) is 9.60. The second kappa shape index (κ2) is 4.70. The van der Waals surface area contributed by atoms with Gasteiger partial charge in [-0.3, -0.25) is 4.79 Å². The summed E-state index contributed by atoms with van der Waals surface area (Å²) in [5.74, 6) is -0.123. The molecule has 2 aromatic rings. The van der Waals surface area contributed by atoms with E-state index in [0.29, 0.717) is 11.4 Å². The number of carbonyl (C=O) groups is 1. The van der Waals surface area contributed by atoms with Crippen molar-refractivity contribution in [2.45, 2.75) is 6.92 Å². The van der Waals surface area contributed by atoms with Crippen molar-refractivity contribution in [2.24, 2.45) is 0 Å². The number of nitrogens with two attached hydrogens (primary N) is 1. The number of rotatable bonds is 2. The molecule has 3 heteroatoms. The van der Waals surface area contributed by atoms with Gasteiger partial charge in [0.1, 0.15) is 0 Å². The first-order valence-corrected chi connectivity index (χ1v) is 5.40. The summed E-state index contributed by atoms with van der Waals surface area (Å²) in [6.45, 7) is 1.47. The lowest BCUT2D eigenvalue weighted by Gasteiger charge is -2.11. The molecule has 0 atom stereocenters. The lowest BCUT2D eigenvalue weighted by Crippen LogP contribution is -2.08. The Kier molecular flexibility index (Phi) is 3.10. The van der Waals surface area contributed by atoms with Crippen molar-refractivity contribution in [2.75, 3.05) is 11.1 Å². The van der Waals surface area contributed by atoms with E-state index in [1.165, 1.54) is 6.92 Å². The molecule has 17 heavy (non-hydrogen) atoms. The number of nitrogen functional groups attached to an aromatic ring is 1. The van der Waals surface area contributed by atoms with E-state index in [2.05, 4.69) is 5.32 Å². The Morgan fingerprint density at radius 3 is 2.41 bits per heavy atom. The van der Waals surface area contributed by atoms with E-state index >= 15 is 0 Å². The molecular formula is C14H14N2O. The molecule has 0 saturated carbocycles. The largest absolute Gasteiger partial charge is 0.397 e. The molecule has 0 aliphatic heterocycles. The second-order valence-electron chi connectivity index (χ2n) is 3.81. The van der Waals surface area contributed by atoms with Gasteiger partial charge in [0.15, 0.2) is 0 Å². The molecule has 2 aromatic carbocycles. The third-order valence-corrected chi connectivity index (χ3v) is 2.50. The van der Waals surface area contributed by atoms with Gasteiger partial charge in [-0.1, -0.05) is 42.5 Å². The minimum absolute atomic E-state index is 0.123. The van der Waals surface area contributed by atoms with Crippen molar-refractivity contribution in [3.63, 3.8) is 0 Å². The number of carbonyl (C=O) groups excluding carboxylic acids is 1. The molecule has 0 spiro atoms. The average molecular weight is 226 g/mol. The van der Waals surface area contributed by atoms with Crippen LogP contribution in [-0.2, 0) is 4.79 Å². The van der Waals surface area contributed by atoms with Crippen LogP contribution in [0.25, 0.3) is 11.1 Å². The lowest BCUT2D eigenvalue weighted by atomic mass is 10.0. The van der Waals surface area contributed by atoms with Gasteiger partial charge in [-0.05, 0) is 11.6 Å². The molecule has 0 aromatic heterocycles. The molecule has 2 rings (SSSR count). The van der Waals surface area contributed by atoms with Gasteiger partial charge in [0.2, 0.25) is 5.91 Å². The lowest BCUT2D eigenvalue weighted by molar-refractivity contribution is -0.114. The maximum atomic E-state index is 11.0. The fraction of sp³-hybridized carbons (Fsp3) is 0.0714. The second-order valence-corrected chi connectivity index (χ2v) is 3.81. The van der Waals surface area contributed by atoms with Crippen molar-refractivity contribution in [1.29, 1.82) is 0 Å². The molecule has 0 aliphatic rings. The van der Waals surface area contributed by atoms with Crippen LogP contribution in [0.1, 0.15) is 6.92 Å². The number of nitrogens with one attached hydrogen (secondary N) is 1. The molecule has 0 heterocycles. The summed E-state index contributed by atoms with van der Waals surface area (Å²) in [4.78, 5) is 11.0. The Morgan fingerprint density at radius 2 is 1.76 bits per heavy atom. The predicted molar refractivity (Wildman–Crippen MR) is 70.6 cm³/mol. The van der Waals surface area contributed by atoms with E-state index in [9.17, 15) is 4.79 Å². The average Bonchev–Trinajstić information content (AvgIpc) is 2.32. The fourth-order valence-corrected chi connectivity index (χ4v) is 1.73. The number of benzene rings is 2. The van der Waals surface area contributed by atoms with E-state index in [1.807, 2.05) is 42.5 Å². The van der Waals surface area contributed by atoms with Gasteiger partial charge in [0.05, 0.1) is 11.4 Å². The SMILES string of the molecule is CC(=O)Nc1cccc(-c2ccccc2)c1N. The standard InChI is InChI=1S/C14H14N2O/c1-10(17)16-13-9-5-8-12(14(13)15)11-6-3-2-4-7-11/h2-9H,15H2,1H3,(H,16,17). The molecule has 1 amide bonds. The summed E-state index contributed by atoms with van der Waals surface area (Å²) in [6, 6.07) is 15.5. The van der Waals surface area contributed by atoms with Crippen molar-refractivity contribution in [1.82, 2.24) is 0 Å². The van der Waals surface area contributed by atoms with Crippen LogP contribution in [0.5, 0.6) is 0 Å². The third kappa shape index (κ3) is 2.45. The molecular weight excluding hydrogens is 212 g/mol. The van der Waals surface area contributed by atoms with Crippen molar-refractivity contribution < 1.29 is 4.79 Å². The predicted octanol–water partition coefficient (Wildman–Crippen LogP) is 2.89. The molecule has 3 N–H and O–H groups in total. The van der Waals surface area contributed by atoms with Gasteiger partial charge in [-0.25, -0.2) is 0 Å². The van der Waals surface area contributed by atoms with Crippen LogP contribution in [0, 0.1) is 0 Å². The van der Waals surface area contributed by atoms with Gasteiger partial charge in [-0.2, -0.15) is 0 Å². The van der Waals surface area contributed by atoms with E-state index in [-0.39, 0.29) is 5.91 Å². The van der Waals surface area contributed by atoms with Crippen LogP contribution >= 0.6 is 0 Å². The topological polar surface area (TPSA) is 55.1 Å². The minimum Gasteiger partial charge on any atom is -0.397 e. The monoisotopic (exact) mass is 226 g/mol. The first-order valence-electron chi connectivity index (χ1n) is 5.40. The van der Waals surface area contributed by atoms with Crippen LogP contribution < -0.4 is 11.1 Å². The van der Waals surface area contributed by atoms with Crippen LogP contribution in [0.3, 0.4) is 0 Å². The van der Waals surface area contributed by atoms with Crippen LogP contribution in [0.4, 0.5) is 11.4 Å². The Balaban J connectivity index is 2.46. The van der Waals surface area contributed by atoms with Gasteiger partial charge in [0, 0.05) is 12.5 Å². The van der Waals surface area contributed by atoms with Crippen molar-refractivity contribution in [3.8, 4) is 11.1 Å². The highest BCUT2D eigenvalue weighted by Crippen LogP contribution is 2.31. The first-order chi connectivity index (χ1) is 8.18. The molecule has 0 bridgehead atoms. The van der Waals surface area contributed by atoms with Crippen molar-refractivity contribution >= 4 is 17.3 Å². The number of anilines is 2. The summed E-state index contributed by atoms with van der Waals surface area (Å²) in [5, 5.41) is 2.72. The summed E-state index contributed by atoms with van der Waals surface area (Å²) in [5.41, 5.74) is 9.26. The summed E-state index contributed by atoms with van der Waals surface area (Å²) < 4.78 is 0. The van der Waals surface area contributed by atoms with Crippen LogP contribution in [0.2, 0.25) is 0 Å². The fourth-order valence-electron chi connectivity index (χ4n) is 1.73. The molecule has 0 radical (unpaired) electrons. The number of hydrogen-bond donors (Lipinski definition) is 2. The zero-order valence-electron chi connectivity index (χ0n) is 9.60. The minimum atomic E-state index is -0.123. The molecule has 0 fully saturated rings. The highest BCUT2D eigenvalue weighted by molar-refractivity contribution is 5.96. The Labute approximate surface area is 100 Å². The van der Waals surface area contributed by atoms with E-state index in [4.69, 9.17) is 5.73 Å². The maximum Gasteiger partial charge on any atom is 0.221 e. The van der Waals surface area contributed by atoms with E-state index in [1.54, 1.807) is 6.07 Å². The Morgan fingerprint density at radius 1 is 1.06 bits per heavy atom. The van der Waals surface area contributed by atoms with E-state index < -0.39 is 0 Å². The van der Waals surface area contributed by atoms with Gasteiger partial charge < -0.3 is 11.1 Å². The number of amides is 1. The van der Waals surface area contributed by atoms with Crippen LogP contribution in [-0.4, -0.2) is 5.91 Å². The Hall–Kier alpha value is -2.29. The Bertz CT molecular complexity index is 535. The quantitative estimate of drug-likeness (QED) is 0.773. The van der Waals surface area contributed by atoms with Gasteiger partial charge in [-0.15, -0.1) is 0 Å².